The average molecular weight is 231 g/mol. The molecule has 0 bridgehead atoms. The van der Waals surface area contributed by atoms with Gasteiger partial charge in [0.15, 0.2) is 5.96 Å². The number of guanidine groups is 1. The predicted molar refractivity (Wildman–Crippen MR) is 73.1 cm³/mol. The summed E-state index contributed by atoms with van der Waals surface area (Å²) < 4.78 is 0. The summed E-state index contributed by atoms with van der Waals surface area (Å²) in [5, 5.41) is 3.11. The van der Waals surface area contributed by atoms with Crippen LogP contribution in [0.15, 0.2) is 35.3 Å². The van der Waals surface area contributed by atoms with E-state index < -0.39 is 0 Å². The van der Waals surface area contributed by atoms with Gasteiger partial charge in [0.2, 0.25) is 0 Å². The first-order chi connectivity index (χ1) is 8.34. The molecular weight excluding hydrogens is 210 g/mol. The topological polar surface area (TPSA) is 50.4 Å². The van der Waals surface area contributed by atoms with Gasteiger partial charge in [0.25, 0.3) is 0 Å². The highest BCUT2D eigenvalue weighted by molar-refractivity contribution is 5.92. The molecule has 0 aliphatic heterocycles. The first-order valence-electron chi connectivity index (χ1n) is 6.46. The van der Waals surface area contributed by atoms with E-state index in [9.17, 15) is 0 Å². The third-order valence-corrected chi connectivity index (χ3v) is 3.29. The zero-order chi connectivity index (χ0) is 11.9. The van der Waals surface area contributed by atoms with Crippen molar-refractivity contribution in [2.24, 2.45) is 16.6 Å². The maximum atomic E-state index is 5.86. The number of anilines is 1. The van der Waals surface area contributed by atoms with E-state index in [-0.39, 0.29) is 0 Å². The van der Waals surface area contributed by atoms with Crippen LogP contribution in [0.25, 0.3) is 0 Å². The Morgan fingerprint density at radius 1 is 1.18 bits per heavy atom. The second kappa shape index (κ2) is 6.28. The highest BCUT2D eigenvalue weighted by Crippen LogP contribution is 2.23. The Morgan fingerprint density at radius 3 is 2.59 bits per heavy atom. The number of aliphatic imine (C=N–C) groups is 1. The van der Waals surface area contributed by atoms with Crippen LogP contribution in [0.2, 0.25) is 0 Å². The second-order valence-corrected chi connectivity index (χ2v) is 4.72. The average Bonchev–Trinajstić information content (AvgIpc) is 2.39. The molecule has 1 aromatic rings. The molecule has 1 aliphatic carbocycles. The summed E-state index contributed by atoms with van der Waals surface area (Å²) in [7, 11) is 0. The molecule has 0 saturated heterocycles. The van der Waals surface area contributed by atoms with Crippen LogP contribution in [0.5, 0.6) is 0 Å². The summed E-state index contributed by atoms with van der Waals surface area (Å²) >= 11 is 0. The van der Waals surface area contributed by atoms with E-state index in [1.54, 1.807) is 0 Å². The van der Waals surface area contributed by atoms with Gasteiger partial charge in [0.1, 0.15) is 0 Å². The molecule has 0 heterocycles. The lowest BCUT2D eigenvalue weighted by Crippen LogP contribution is -2.24. The van der Waals surface area contributed by atoms with Gasteiger partial charge in [-0.25, -0.2) is 0 Å². The van der Waals surface area contributed by atoms with Crippen LogP contribution >= 0.6 is 0 Å². The monoisotopic (exact) mass is 231 g/mol. The molecule has 1 aromatic carbocycles. The van der Waals surface area contributed by atoms with E-state index in [1.807, 2.05) is 30.3 Å². The van der Waals surface area contributed by atoms with Crippen molar-refractivity contribution in [2.45, 2.75) is 32.1 Å². The fourth-order valence-corrected chi connectivity index (χ4v) is 2.31. The Morgan fingerprint density at radius 2 is 1.88 bits per heavy atom. The minimum atomic E-state index is 0.529. The zero-order valence-electron chi connectivity index (χ0n) is 10.2. The quantitative estimate of drug-likeness (QED) is 0.620. The fraction of sp³-hybridized carbons (Fsp3) is 0.500. The van der Waals surface area contributed by atoms with Crippen molar-refractivity contribution in [3.8, 4) is 0 Å². The van der Waals surface area contributed by atoms with E-state index in [4.69, 9.17) is 5.73 Å². The molecule has 17 heavy (non-hydrogen) atoms. The van der Waals surface area contributed by atoms with Crippen LogP contribution in [0.1, 0.15) is 32.1 Å². The Labute approximate surface area is 103 Å². The Bertz CT molecular complexity index is 353. The van der Waals surface area contributed by atoms with Gasteiger partial charge in [-0.3, -0.25) is 4.99 Å². The summed E-state index contributed by atoms with van der Waals surface area (Å²) in [6, 6.07) is 9.93. The van der Waals surface area contributed by atoms with E-state index in [0.29, 0.717) is 5.96 Å². The molecule has 3 N–H and O–H groups in total. The standard InChI is InChI=1S/C14H21N3/c15-14(17-13-9-5-2-6-10-13)16-11-12-7-3-1-4-8-12/h2,5-6,9-10,12H,1,3-4,7-8,11H2,(H3,15,16,17). The van der Waals surface area contributed by atoms with Crippen LogP contribution in [0.3, 0.4) is 0 Å². The van der Waals surface area contributed by atoms with Crippen LogP contribution in [-0.4, -0.2) is 12.5 Å². The molecule has 0 atom stereocenters. The number of hydrogen-bond acceptors (Lipinski definition) is 1. The highest BCUT2D eigenvalue weighted by atomic mass is 15.1. The van der Waals surface area contributed by atoms with E-state index >= 15 is 0 Å². The van der Waals surface area contributed by atoms with Gasteiger partial charge in [-0.15, -0.1) is 0 Å². The molecule has 2 rings (SSSR count). The van der Waals surface area contributed by atoms with Crippen LogP contribution in [-0.2, 0) is 0 Å². The number of nitrogens with two attached hydrogens (primary N) is 1. The van der Waals surface area contributed by atoms with Gasteiger partial charge < -0.3 is 11.1 Å². The normalized spacial score (nSPS) is 18.0. The Hall–Kier alpha value is -1.51. The molecule has 1 saturated carbocycles. The smallest absolute Gasteiger partial charge is 0.193 e. The molecular formula is C14H21N3. The third-order valence-electron chi connectivity index (χ3n) is 3.29. The molecule has 0 radical (unpaired) electrons. The first-order valence-corrected chi connectivity index (χ1v) is 6.46. The fourth-order valence-electron chi connectivity index (χ4n) is 2.31. The predicted octanol–water partition coefficient (Wildman–Crippen LogP) is 2.99. The van der Waals surface area contributed by atoms with Gasteiger partial charge in [-0.2, -0.15) is 0 Å². The third kappa shape index (κ3) is 4.10. The Balaban J connectivity index is 1.80. The van der Waals surface area contributed by atoms with Crippen molar-refractivity contribution in [3.63, 3.8) is 0 Å². The summed E-state index contributed by atoms with van der Waals surface area (Å²) in [5.74, 6) is 1.27. The number of benzene rings is 1. The minimum Gasteiger partial charge on any atom is -0.370 e. The molecule has 92 valence electrons. The van der Waals surface area contributed by atoms with E-state index in [0.717, 1.165) is 18.2 Å². The maximum absolute atomic E-state index is 5.86. The number of para-hydroxylation sites is 1. The lowest BCUT2D eigenvalue weighted by Gasteiger charge is -2.19. The van der Waals surface area contributed by atoms with Crippen LogP contribution in [0.4, 0.5) is 5.69 Å². The van der Waals surface area contributed by atoms with Crippen molar-refractivity contribution in [3.05, 3.63) is 30.3 Å². The zero-order valence-corrected chi connectivity index (χ0v) is 10.2. The van der Waals surface area contributed by atoms with Gasteiger partial charge in [0.05, 0.1) is 0 Å². The molecule has 3 heteroatoms. The maximum Gasteiger partial charge on any atom is 0.193 e. The largest absolute Gasteiger partial charge is 0.370 e. The number of hydrogen-bond donors (Lipinski definition) is 2. The van der Waals surface area contributed by atoms with Crippen molar-refractivity contribution in [1.29, 1.82) is 0 Å². The number of nitrogens with one attached hydrogen (secondary N) is 1. The summed E-state index contributed by atoms with van der Waals surface area (Å²) in [4.78, 5) is 4.43. The number of rotatable bonds is 3. The Kier molecular flexibility index (Phi) is 4.42. The van der Waals surface area contributed by atoms with Gasteiger partial charge in [-0.1, -0.05) is 37.5 Å². The molecule has 1 fully saturated rings. The highest BCUT2D eigenvalue weighted by Gasteiger charge is 2.12. The molecule has 1 aliphatic rings. The SMILES string of the molecule is NC(=NCC1CCCCC1)Nc1ccccc1. The molecule has 0 aromatic heterocycles. The molecule has 0 amide bonds. The number of nitrogens with zero attached hydrogens (tertiary/aromatic N) is 1. The first kappa shape index (κ1) is 12.0. The van der Waals surface area contributed by atoms with Crippen molar-refractivity contribution in [1.82, 2.24) is 0 Å². The summed E-state index contributed by atoms with van der Waals surface area (Å²) in [6.07, 6.45) is 6.71. The van der Waals surface area contributed by atoms with E-state index in [2.05, 4.69) is 10.3 Å². The van der Waals surface area contributed by atoms with Crippen molar-refractivity contribution >= 4 is 11.6 Å². The van der Waals surface area contributed by atoms with Crippen LogP contribution < -0.4 is 11.1 Å². The molecule has 0 spiro atoms. The van der Waals surface area contributed by atoms with Crippen LogP contribution in [0, 0.1) is 5.92 Å². The summed E-state index contributed by atoms with van der Waals surface area (Å²) in [6.45, 7) is 0.867. The van der Waals surface area contributed by atoms with Gasteiger partial charge in [-0.05, 0) is 30.9 Å². The van der Waals surface area contributed by atoms with Crippen molar-refractivity contribution in [2.75, 3.05) is 11.9 Å². The minimum absolute atomic E-state index is 0.529. The molecule has 3 nitrogen and oxygen atoms in total. The summed E-state index contributed by atoms with van der Waals surface area (Å²) in [5.41, 5.74) is 6.86. The molecule has 0 unspecified atom stereocenters. The lowest BCUT2D eigenvalue weighted by atomic mass is 9.89. The van der Waals surface area contributed by atoms with Gasteiger partial charge in [0, 0.05) is 12.2 Å². The van der Waals surface area contributed by atoms with Gasteiger partial charge >= 0.3 is 0 Å². The lowest BCUT2D eigenvalue weighted by molar-refractivity contribution is 0.367. The second-order valence-electron chi connectivity index (χ2n) is 4.72. The van der Waals surface area contributed by atoms with Crippen molar-refractivity contribution < 1.29 is 0 Å². The van der Waals surface area contributed by atoms with E-state index in [1.165, 1.54) is 32.1 Å².